The summed E-state index contributed by atoms with van der Waals surface area (Å²) in [6.07, 6.45) is 0.619. The van der Waals surface area contributed by atoms with E-state index in [1.54, 1.807) is 6.92 Å². The number of hydrogen-bond acceptors (Lipinski definition) is 4. The molecule has 0 aromatic carbocycles. The first-order valence-electron chi connectivity index (χ1n) is 6.20. The van der Waals surface area contributed by atoms with E-state index in [2.05, 4.69) is 5.32 Å². The van der Waals surface area contributed by atoms with Gasteiger partial charge in [0.1, 0.15) is 6.54 Å². The Morgan fingerprint density at radius 2 is 1.89 bits per heavy atom. The number of carboxylic acids is 1. The molecular weight excluding hydrogens is 272 g/mol. The summed E-state index contributed by atoms with van der Waals surface area (Å²) in [6, 6.07) is -0.776. The van der Waals surface area contributed by atoms with Crippen molar-refractivity contribution in [3.63, 3.8) is 0 Å². The van der Waals surface area contributed by atoms with Crippen molar-refractivity contribution in [3.05, 3.63) is 0 Å². The van der Waals surface area contributed by atoms with E-state index in [1.807, 2.05) is 6.92 Å². The summed E-state index contributed by atoms with van der Waals surface area (Å²) >= 11 is 0. The largest absolute Gasteiger partial charge is 0.480 e. The van der Waals surface area contributed by atoms with E-state index in [9.17, 15) is 18.0 Å². The molecule has 0 radical (unpaired) electrons. The lowest BCUT2D eigenvalue weighted by Gasteiger charge is -2.27. The van der Waals surface area contributed by atoms with E-state index in [-0.39, 0.29) is 24.1 Å². The maximum absolute atomic E-state index is 11.8. The molecule has 0 aliphatic heterocycles. The molecule has 7 nitrogen and oxygen atoms in total. The van der Waals surface area contributed by atoms with Gasteiger partial charge < -0.3 is 15.3 Å². The van der Waals surface area contributed by atoms with Crippen LogP contribution in [0.3, 0.4) is 0 Å². The van der Waals surface area contributed by atoms with Crippen LogP contribution in [-0.4, -0.2) is 61.1 Å². The molecule has 0 aromatic rings. The first-order chi connectivity index (χ1) is 8.73. The van der Waals surface area contributed by atoms with Crippen molar-refractivity contribution in [2.75, 3.05) is 24.6 Å². The van der Waals surface area contributed by atoms with Gasteiger partial charge in [0.05, 0.1) is 5.75 Å². The quantitative estimate of drug-likeness (QED) is 0.671. The molecule has 112 valence electrons. The smallest absolute Gasteiger partial charge is 0.323 e. The van der Waals surface area contributed by atoms with Crippen molar-refractivity contribution in [1.82, 2.24) is 10.2 Å². The number of carbonyl (C=O) groups is 2. The monoisotopic (exact) mass is 294 g/mol. The van der Waals surface area contributed by atoms with Gasteiger partial charge in [-0.15, -0.1) is 0 Å². The molecule has 0 saturated heterocycles. The minimum atomic E-state index is -3.14. The fourth-order valence-electron chi connectivity index (χ4n) is 1.35. The maximum atomic E-state index is 11.8. The van der Waals surface area contributed by atoms with Crippen molar-refractivity contribution < 1.29 is 23.1 Å². The van der Waals surface area contributed by atoms with Gasteiger partial charge in [-0.1, -0.05) is 13.8 Å². The normalized spacial score (nSPS) is 12.8. The van der Waals surface area contributed by atoms with Crippen molar-refractivity contribution in [1.29, 1.82) is 0 Å². The molecule has 0 spiro atoms. The molecule has 0 aliphatic rings. The lowest BCUT2D eigenvalue weighted by atomic mass is 10.2. The van der Waals surface area contributed by atoms with Crippen molar-refractivity contribution in [2.24, 2.45) is 0 Å². The SMILES string of the molecule is CCC(C)N(CC(=O)O)C(=O)NCCS(=O)(=O)CC. The van der Waals surface area contributed by atoms with Crippen molar-refractivity contribution >= 4 is 21.8 Å². The number of carboxylic acid groups (broad SMARTS) is 1. The predicted octanol–water partition coefficient (Wildman–Crippen LogP) is 0.316. The summed E-state index contributed by atoms with van der Waals surface area (Å²) < 4.78 is 22.5. The minimum Gasteiger partial charge on any atom is -0.480 e. The molecule has 0 bridgehead atoms. The van der Waals surface area contributed by atoms with Crippen LogP contribution < -0.4 is 5.32 Å². The number of rotatable bonds is 8. The molecule has 0 saturated carbocycles. The minimum absolute atomic E-state index is 0.0123. The molecular formula is C11H22N2O5S. The van der Waals surface area contributed by atoms with Crippen LogP contribution in [0, 0.1) is 0 Å². The molecule has 0 rings (SSSR count). The topological polar surface area (TPSA) is 104 Å². The standard InChI is InChI=1S/C11H22N2O5S/c1-4-9(3)13(8-10(14)15)11(16)12-6-7-19(17,18)5-2/h9H,4-8H2,1-3H3,(H,12,16)(H,14,15). The fraction of sp³-hybridized carbons (Fsp3) is 0.818. The van der Waals surface area contributed by atoms with Gasteiger partial charge in [0, 0.05) is 18.3 Å². The zero-order valence-electron chi connectivity index (χ0n) is 11.5. The van der Waals surface area contributed by atoms with Crippen LogP contribution in [0.5, 0.6) is 0 Å². The third-order valence-electron chi connectivity index (χ3n) is 2.82. The van der Waals surface area contributed by atoms with Gasteiger partial charge in [0.2, 0.25) is 0 Å². The molecule has 0 aromatic heterocycles. The second-order valence-electron chi connectivity index (χ2n) is 4.25. The van der Waals surface area contributed by atoms with Gasteiger partial charge in [0.25, 0.3) is 0 Å². The zero-order chi connectivity index (χ0) is 15.1. The predicted molar refractivity (Wildman–Crippen MR) is 71.8 cm³/mol. The van der Waals surface area contributed by atoms with Gasteiger partial charge in [0.15, 0.2) is 9.84 Å². The number of nitrogens with one attached hydrogen (secondary N) is 1. The van der Waals surface area contributed by atoms with Crippen LogP contribution in [0.4, 0.5) is 4.79 Å². The van der Waals surface area contributed by atoms with Gasteiger partial charge in [-0.05, 0) is 13.3 Å². The number of aliphatic carboxylic acids is 1. The number of nitrogens with zero attached hydrogens (tertiary/aromatic N) is 1. The summed E-state index contributed by atoms with van der Waals surface area (Å²) in [6.45, 7) is 4.70. The molecule has 2 amide bonds. The third kappa shape index (κ3) is 7.00. The van der Waals surface area contributed by atoms with Crippen molar-refractivity contribution in [2.45, 2.75) is 33.2 Å². The lowest BCUT2D eigenvalue weighted by molar-refractivity contribution is -0.138. The summed E-state index contributed by atoms with van der Waals surface area (Å²) in [4.78, 5) is 23.7. The Labute approximate surface area is 113 Å². The average molecular weight is 294 g/mol. The van der Waals surface area contributed by atoms with Crippen LogP contribution >= 0.6 is 0 Å². The Bertz CT molecular complexity index is 407. The van der Waals surface area contributed by atoms with Gasteiger partial charge in [-0.3, -0.25) is 4.79 Å². The third-order valence-corrected chi connectivity index (χ3v) is 4.52. The van der Waals surface area contributed by atoms with Crippen LogP contribution in [-0.2, 0) is 14.6 Å². The number of sulfone groups is 1. The molecule has 19 heavy (non-hydrogen) atoms. The van der Waals surface area contributed by atoms with E-state index in [0.717, 1.165) is 0 Å². The second kappa shape index (κ2) is 7.98. The highest BCUT2D eigenvalue weighted by molar-refractivity contribution is 7.91. The highest BCUT2D eigenvalue weighted by Gasteiger charge is 2.21. The maximum Gasteiger partial charge on any atom is 0.323 e. The number of amides is 2. The zero-order valence-corrected chi connectivity index (χ0v) is 12.4. The second-order valence-corrected chi connectivity index (χ2v) is 6.72. The first kappa shape index (κ1) is 17.7. The van der Waals surface area contributed by atoms with Crippen LogP contribution in [0.25, 0.3) is 0 Å². The summed E-state index contributed by atoms with van der Waals surface area (Å²) in [5, 5.41) is 11.2. The Balaban J connectivity index is 4.45. The van der Waals surface area contributed by atoms with E-state index in [1.165, 1.54) is 11.8 Å². The van der Waals surface area contributed by atoms with E-state index < -0.39 is 28.4 Å². The van der Waals surface area contributed by atoms with Gasteiger partial charge in [-0.25, -0.2) is 13.2 Å². The van der Waals surface area contributed by atoms with E-state index in [4.69, 9.17) is 5.11 Å². The molecule has 2 N–H and O–H groups in total. The Kier molecular flexibility index (Phi) is 7.43. The van der Waals surface area contributed by atoms with E-state index >= 15 is 0 Å². The van der Waals surface area contributed by atoms with E-state index in [0.29, 0.717) is 6.42 Å². The average Bonchev–Trinajstić information content (AvgIpc) is 2.34. The van der Waals surface area contributed by atoms with Crippen LogP contribution in [0.1, 0.15) is 27.2 Å². The Morgan fingerprint density at radius 1 is 1.32 bits per heavy atom. The molecule has 0 fully saturated rings. The van der Waals surface area contributed by atoms with Gasteiger partial charge >= 0.3 is 12.0 Å². The summed E-state index contributed by atoms with van der Waals surface area (Å²) in [5.41, 5.74) is 0. The van der Waals surface area contributed by atoms with Crippen molar-refractivity contribution in [3.8, 4) is 0 Å². The van der Waals surface area contributed by atoms with Gasteiger partial charge in [-0.2, -0.15) is 0 Å². The molecule has 1 atom stereocenters. The van der Waals surface area contributed by atoms with Crippen LogP contribution in [0.2, 0.25) is 0 Å². The first-order valence-corrected chi connectivity index (χ1v) is 8.02. The number of hydrogen-bond donors (Lipinski definition) is 2. The highest BCUT2D eigenvalue weighted by Crippen LogP contribution is 2.03. The number of carbonyl (C=O) groups excluding carboxylic acids is 1. The molecule has 8 heteroatoms. The number of urea groups is 1. The molecule has 0 heterocycles. The molecule has 1 unspecified atom stereocenters. The highest BCUT2D eigenvalue weighted by atomic mass is 32.2. The summed E-state index contributed by atoms with van der Waals surface area (Å²) in [7, 11) is -3.14. The lowest BCUT2D eigenvalue weighted by Crippen LogP contribution is -2.48. The molecule has 0 aliphatic carbocycles. The Hall–Kier alpha value is -1.31. The fourth-order valence-corrected chi connectivity index (χ4v) is 2.06. The van der Waals surface area contributed by atoms with Crippen LogP contribution in [0.15, 0.2) is 0 Å². The summed E-state index contributed by atoms with van der Waals surface area (Å²) in [5.74, 6) is -1.22. The Morgan fingerprint density at radius 3 is 2.32 bits per heavy atom.